The molecule has 0 radical (unpaired) electrons. The number of hydrogen-bond donors (Lipinski definition) is 0. The van der Waals surface area contributed by atoms with Crippen LogP contribution >= 0.6 is 0 Å². The van der Waals surface area contributed by atoms with Crippen molar-refractivity contribution in [1.82, 2.24) is 4.90 Å². The van der Waals surface area contributed by atoms with Gasteiger partial charge in [-0.1, -0.05) is 35.9 Å². The van der Waals surface area contributed by atoms with Crippen LogP contribution < -0.4 is 0 Å². The summed E-state index contributed by atoms with van der Waals surface area (Å²) in [4.78, 5) is 13.6. The van der Waals surface area contributed by atoms with Crippen LogP contribution in [-0.4, -0.2) is 24.8 Å². The van der Waals surface area contributed by atoms with Crippen molar-refractivity contribution in [1.29, 1.82) is 0 Å². The van der Waals surface area contributed by atoms with Gasteiger partial charge in [0.15, 0.2) is 5.78 Å². The van der Waals surface area contributed by atoms with E-state index in [2.05, 4.69) is 0 Å². The summed E-state index contributed by atoms with van der Waals surface area (Å²) in [6.45, 7) is 2.00. The van der Waals surface area contributed by atoms with Crippen molar-refractivity contribution in [2.45, 2.75) is 6.92 Å². The van der Waals surface area contributed by atoms with Crippen molar-refractivity contribution >= 4 is 5.78 Å². The highest BCUT2D eigenvalue weighted by molar-refractivity contribution is 6.04. The normalized spacial score (nSPS) is 11.2. The molecule has 0 fully saturated rings. The van der Waals surface area contributed by atoms with Gasteiger partial charge < -0.3 is 4.90 Å². The molecule has 1 aromatic rings. The van der Waals surface area contributed by atoms with Gasteiger partial charge in [0.2, 0.25) is 0 Å². The zero-order valence-electron chi connectivity index (χ0n) is 9.97. The molecule has 0 atom stereocenters. The van der Waals surface area contributed by atoms with Crippen LogP contribution in [0.25, 0.3) is 0 Å². The third kappa shape index (κ3) is 4.13. The van der Waals surface area contributed by atoms with Gasteiger partial charge in [-0.25, -0.2) is 0 Å². The van der Waals surface area contributed by atoms with E-state index in [0.717, 1.165) is 11.1 Å². The fourth-order valence-electron chi connectivity index (χ4n) is 1.18. The van der Waals surface area contributed by atoms with E-state index in [4.69, 9.17) is 0 Å². The van der Waals surface area contributed by atoms with E-state index < -0.39 is 0 Å². The highest BCUT2D eigenvalue weighted by atomic mass is 16.1. The second kappa shape index (κ2) is 5.91. The van der Waals surface area contributed by atoms with Crippen molar-refractivity contribution in [2.75, 3.05) is 14.1 Å². The van der Waals surface area contributed by atoms with Crippen LogP contribution in [0.5, 0.6) is 0 Å². The summed E-state index contributed by atoms with van der Waals surface area (Å²) >= 11 is 0. The molecule has 2 heteroatoms. The van der Waals surface area contributed by atoms with E-state index in [0.29, 0.717) is 0 Å². The molecule has 0 saturated heterocycles. The number of hydrogen-bond acceptors (Lipinski definition) is 2. The molecule has 1 aromatic carbocycles. The van der Waals surface area contributed by atoms with Crippen LogP contribution in [-0.2, 0) is 0 Å². The lowest BCUT2D eigenvalue weighted by Crippen LogP contribution is -1.99. The third-order valence-electron chi connectivity index (χ3n) is 2.08. The maximum atomic E-state index is 11.7. The molecular weight excluding hydrogens is 198 g/mol. The SMILES string of the molecule is Cc1ccc(C(=O)/C=C/C=C/N(C)C)cc1. The number of benzene rings is 1. The van der Waals surface area contributed by atoms with Gasteiger partial charge in [0.25, 0.3) is 0 Å². The van der Waals surface area contributed by atoms with Crippen molar-refractivity contribution < 1.29 is 4.79 Å². The molecule has 0 bridgehead atoms. The van der Waals surface area contributed by atoms with Crippen molar-refractivity contribution in [3.05, 3.63) is 59.8 Å². The van der Waals surface area contributed by atoms with E-state index >= 15 is 0 Å². The molecule has 84 valence electrons. The Kier molecular flexibility index (Phi) is 4.52. The summed E-state index contributed by atoms with van der Waals surface area (Å²) < 4.78 is 0. The summed E-state index contributed by atoms with van der Waals surface area (Å²) in [5.41, 5.74) is 1.88. The van der Waals surface area contributed by atoms with Crippen LogP contribution in [0.2, 0.25) is 0 Å². The Balaban J connectivity index is 2.62. The zero-order chi connectivity index (χ0) is 12.0. The topological polar surface area (TPSA) is 20.3 Å². The average molecular weight is 215 g/mol. The molecule has 0 amide bonds. The number of carbonyl (C=O) groups is 1. The molecule has 0 aromatic heterocycles. The molecular formula is C14H17NO. The predicted octanol–water partition coefficient (Wildman–Crippen LogP) is 2.81. The van der Waals surface area contributed by atoms with E-state index in [9.17, 15) is 4.79 Å². The standard InChI is InChI=1S/C14H17NO/c1-12-7-9-13(10-8-12)14(16)6-4-5-11-15(2)3/h4-11H,1-3H3/b6-4+,11-5+. The van der Waals surface area contributed by atoms with E-state index in [1.807, 2.05) is 62.5 Å². The summed E-state index contributed by atoms with van der Waals surface area (Å²) in [5.74, 6) is 0.0309. The van der Waals surface area contributed by atoms with E-state index in [-0.39, 0.29) is 5.78 Å². The molecule has 2 nitrogen and oxygen atoms in total. The molecule has 1 rings (SSSR count). The van der Waals surface area contributed by atoms with Gasteiger partial charge in [-0.15, -0.1) is 0 Å². The molecule has 0 aliphatic carbocycles. The summed E-state index contributed by atoms with van der Waals surface area (Å²) in [5, 5.41) is 0. The lowest BCUT2D eigenvalue weighted by molar-refractivity contribution is 0.104. The second-order valence-corrected chi connectivity index (χ2v) is 3.89. The maximum absolute atomic E-state index is 11.7. The van der Waals surface area contributed by atoms with Crippen molar-refractivity contribution in [2.24, 2.45) is 0 Å². The van der Waals surface area contributed by atoms with Crippen LogP contribution in [0, 0.1) is 6.92 Å². The number of carbonyl (C=O) groups excluding carboxylic acids is 1. The Morgan fingerprint density at radius 1 is 1.12 bits per heavy atom. The summed E-state index contributed by atoms with van der Waals surface area (Å²) in [7, 11) is 3.87. The highest BCUT2D eigenvalue weighted by Crippen LogP contribution is 2.04. The fraction of sp³-hybridized carbons (Fsp3) is 0.214. The van der Waals surface area contributed by atoms with Crippen molar-refractivity contribution in [3.63, 3.8) is 0 Å². The Morgan fingerprint density at radius 2 is 1.75 bits per heavy atom. The molecule has 0 spiro atoms. The van der Waals surface area contributed by atoms with E-state index in [1.165, 1.54) is 0 Å². The highest BCUT2D eigenvalue weighted by Gasteiger charge is 1.98. The van der Waals surface area contributed by atoms with Gasteiger partial charge in [0.05, 0.1) is 0 Å². The van der Waals surface area contributed by atoms with Gasteiger partial charge in [-0.3, -0.25) is 4.79 Å². The van der Waals surface area contributed by atoms with Crippen LogP contribution in [0.4, 0.5) is 0 Å². The quantitative estimate of drug-likeness (QED) is 0.437. The summed E-state index contributed by atoms with van der Waals surface area (Å²) in [6, 6.07) is 7.57. The maximum Gasteiger partial charge on any atom is 0.185 e. The van der Waals surface area contributed by atoms with Gasteiger partial charge in [-0.05, 0) is 25.3 Å². The Bertz CT molecular complexity index is 399. The number of ketones is 1. The molecule has 0 heterocycles. The monoisotopic (exact) mass is 215 g/mol. The number of allylic oxidation sites excluding steroid dienone is 3. The first kappa shape index (κ1) is 12.2. The van der Waals surface area contributed by atoms with Gasteiger partial charge in [0, 0.05) is 19.7 Å². The fourth-order valence-corrected chi connectivity index (χ4v) is 1.18. The lowest BCUT2D eigenvalue weighted by atomic mass is 10.1. The molecule has 0 aliphatic heterocycles. The largest absolute Gasteiger partial charge is 0.383 e. The van der Waals surface area contributed by atoms with Gasteiger partial charge >= 0.3 is 0 Å². The molecule has 0 unspecified atom stereocenters. The molecule has 0 N–H and O–H groups in total. The van der Waals surface area contributed by atoms with Gasteiger partial charge in [0.1, 0.15) is 0 Å². The van der Waals surface area contributed by atoms with Crippen LogP contribution in [0.1, 0.15) is 15.9 Å². The van der Waals surface area contributed by atoms with Gasteiger partial charge in [-0.2, -0.15) is 0 Å². The Hall–Kier alpha value is -1.83. The molecule has 0 saturated carbocycles. The minimum atomic E-state index is 0.0309. The first-order valence-electron chi connectivity index (χ1n) is 5.22. The first-order chi connectivity index (χ1) is 7.59. The zero-order valence-corrected chi connectivity index (χ0v) is 9.97. The minimum absolute atomic E-state index is 0.0309. The smallest absolute Gasteiger partial charge is 0.185 e. The number of aryl methyl sites for hydroxylation is 1. The minimum Gasteiger partial charge on any atom is -0.383 e. The third-order valence-corrected chi connectivity index (χ3v) is 2.08. The summed E-state index contributed by atoms with van der Waals surface area (Å²) in [6.07, 6.45) is 7.05. The van der Waals surface area contributed by atoms with E-state index in [1.54, 1.807) is 12.2 Å². The molecule has 16 heavy (non-hydrogen) atoms. The van der Waals surface area contributed by atoms with Crippen LogP contribution in [0.3, 0.4) is 0 Å². The first-order valence-corrected chi connectivity index (χ1v) is 5.22. The van der Waals surface area contributed by atoms with Crippen molar-refractivity contribution in [3.8, 4) is 0 Å². The lowest BCUT2D eigenvalue weighted by Gasteiger charge is -2.00. The Morgan fingerprint density at radius 3 is 2.31 bits per heavy atom. The van der Waals surface area contributed by atoms with Crippen LogP contribution in [0.15, 0.2) is 48.7 Å². The Labute approximate surface area is 96.9 Å². The average Bonchev–Trinajstić information content (AvgIpc) is 2.25. The number of nitrogens with zero attached hydrogens (tertiary/aromatic N) is 1. The second-order valence-electron chi connectivity index (χ2n) is 3.89. The molecule has 0 aliphatic rings. The predicted molar refractivity (Wildman–Crippen MR) is 67.5 cm³/mol. The number of rotatable bonds is 4.